The molecule has 0 atom stereocenters. The van der Waals surface area contributed by atoms with E-state index in [-0.39, 0.29) is 17.4 Å². The molecule has 1 saturated carbocycles. The van der Waals surface area contributed by atoms with Gasteiger partial charge in [-0.3, -0.25) is 4.79 Å². The van der Waals surface area contributed by atoms with Crippen LogP contribution in [-0.2, 0) is 0 Å². The van der Waals surface area contributed by atoms with Crippen LogP contribution in [0.2, 0.25) is 0 Å². The van der Waals surface area contributed by atoms with Crippen molar-refractivity contribution in [2.75, 3.05) is 5.73 Å². The number of nitrogen functional groups attached to an aromatic ring is 1. The Kier molecular flexibility index (Phi) is 3.03. The number of carbonyl (C=O) groups excluding carboxylic acids is 1. The van der Waals surface area contributed by atoms with Crippen LogP contribution in [-0.4, -0.2) is 16.9 Å². The average molecular weight is 223 g/mol. The maximum atomic E-state index is 13.5. The minimum atomic E-state index is -0.738. The van der Waals surface area contributed by atoms with E-state index in [1.807, 2.05) is 0 Å². The molecule has 16 heavy (non-hydrogen) atoms. The van der Waals surface area contributed by atoms with Crippen LogP contribution in [0.3, 0.4) is 0 Å². The summed E-state index contributed by atoms with van der Waals surface area (Å²) in [6.45, 7) is 0. The van der Waals surface area contributed by atoms with E-state index in [4.69, 9.17) is 5.73 Å². The molecule has 0 aromatic carbocycles. The molecule has 1 aromatic rings. The first-order valence-electron chi connectivity index (χ1n) is 5.39. The van der Waals surface area contributed by atoms with Crippen LogP contribution >= 0.6 is 0 Å². The van der Waals surface area contributed by atoms with Crippen LogP contribution in [0.15, 0.2) is 12.3 Å². The van der Waals surface area contributed by atoms with Crippen molar-refractivity contribution in [2.24, 2.45) is 0 Å². The molecule has 5 heteroatoms. The maximum Gasteiger partial charge on any atom is 0.254 e. The molecule has 1 fully saturated rings. The summed E-state index contributed by atoms with van der Waals surface area (Å²) in [5.41, 5.74) is 5.27. The smallest absolute Gasteiger partial charge is 0.254 e. The molecule has 0 saturated heterocycles. The largest absolute Gasteiger partial charge is 0.381 e. The highest BCUT2D eigenvalue weighted by Gasteiger charge is 2.20. The second kappa shape index (κ2) is 4.47. The van der Waals surface area contributed by atoms with Crippen molar-refractivity contribution in [3.05, 3.63) is 23.6 Å². The third-order valence-corrected chi connectivity index (χ3v) is 2.85. The van der Waals surface area contributed by atoms with E-state index in [1.165, 1.54) is 12.3 Å². The number of aromatic nitrogens is 1. The average Bonchev–Trinajstić information content (AvgIpc) is 2.74. The van der Waals surface area contributed by atoms with Crippen LogP contribution in [0.5, 0.6) is 0 Å². The molecule has 1 aliphatic rings. The summed E-state index contributed by atoms with van der Waals surface area (Å²) in [6, 6.07) is 1.51. The fourth-order valence-corrected chi connectivity index (χ4v) is 1.97. The Morgan fingerprint density at radius 2 is 2.19 bits per heavy atom. The lowest BCUT2D eigenvalue weighted by Crippen LogP contribution is -2.33. The second-order valence-corrected chi connectivity index (χ2v) is 4.01. The number of amides is 1. The van der Waals surface area contributed by atoms with Gasteiger partial charge >= 0.3 is 0 Å². The van der Waals surface area contributed by atoms with Gasteiger partial charge in [0.15, 0.2) is 11.6 Å². The van der Waals surface area contributed by atoms with Gasteiger partial charge in [-0.15, -0.1) is 0 Å². The SMILES string of the molecule is Nc1nccc(C(=O)NC2CCCC2)c1F. The zero-order valence-corrected chi connectivity index (χ0v) is 8.87. The minimum Gasteiger partial charge on any atom is -0.381 e. The molecule has 4 nitrogen and oxygen atoms in total. The molecular formula is C11H14FN3O. The molecule has 0 bridgehead atoms. The summed E-state index contributed by atoms with van der Waals surface area (Å²) in [4.78, 5) is 15.3. The van der Waals surface area contributed by atoms with E-state index in [9.17, 15) is 9.18 Å². The van der Waals surface area contributed by atoms with E-state index < -0.39 is 11.7 Å². The molecule has 2 rings (SSSR count). The summed E-state index contributed by atoms with van der Waals surface area (Å²) in [5.74, 6) is -1.38. The third-order valence-electron chi connectivity index (χ3n) is 2.85. The maximum absolute atomic E-state index is 13.5. The van der Waals surface area contributed by atoms with Gasteiger partial charge < -0.3 is 11.1 Å². The Bertz CT molecular complexity index is 402. The monoisotopic (exact) mass is 223 g/mol. The van der Waals surface area contributed by atoms with E-state index in [0.29, 0.717) is 0 Å². The van der Waals surface area contributed by atoms with Gasteiger partial charge in [-0.2, -0.15) is 0 Å². The Hall–Kier alpha value is -1.65. The van der Waals surface area contributed by atoms with E-state index >= 15 is 0 Å². The summed E-state index contributed by atoms with van der Waals surface area (Å²) >= 11 is 0. The fourth-order valence-electron chi connectivity index (χ4n) is 1.97. The number of anilines is 1. The summed E-state index contributed by atoms with van der Waals surface area (Å²) < 4.78 is 13.5. The van der Waals surface area contributed by atoms with Gasteiger partial charge in [0.25, 0.3) is 5.91 Å². The van der Waals surface area contributed by atoms with Gasteiger partial charge in [0, 0.05) is 12.2 Å². The van der Waals surface area contributed by atoms with Crippen LogP contribution < -0.4 is 11.1 Å². The lowest BCUT2D eigenvalue weighted by atomic mass is 10.2. The molecule has 1 aromatic heterocycles. The number of carbonyl (C=O) groups is 1. The number of nitrogens with two attached hydrogens (primary N) is 1. The van der Waals surface area contributed by atoms with E-state index in [1.54, 1.807) is 0 Å². The standard InChI is InChI=1S/C11H14FN3O/c12-9-8(5-6-14-10(9)13)11(16)15-7-3-1-2-4-7/h5-7H,1-4H2,(H2,13,14)(H,15,16). The van der Waals surface area contributed by atoms with Gasteiger partial charge in [-0.05, 0) is 18.9 Å². The Balaban J connectivity index is 2.11. The van der Waals surface area contributed by atoms with Crippen LogP contribution in [0.25, 0.3) is 0 Å². The van der Waals surface area contributed by atoms with Crippen molar-refractivity contribution in [3.8, 4) is 0 Å². The number of pyridine rings is 1. The van der Waals surface area contributed by atoms with Crippen molar-refractivity contribution in [1.29, 1.82) is 0 Å². The zero-order valence-electron chi connectivity index (χ0n) is 8.87. The first-order chi connectivity index (χ1) is 7.68. The molecule has 0 aliphatic heterocycles. The highest BCUT2D eigenvalue weighted by molar-refractivity contribution is 5.95. The van der Waals surface area contributed by atoms with Crippen molar-refractivity contribution < 1.29 is 9.18 Å². The van der Waals surface area contributed by atoms with E-state index in [0.717, 1.165) is 25.7 Å². The number of hydrogen-bond acceptors (Lipinski definition) is 3. The van der Waals surface area contributed by atoms with Crippen molar-refractivity contribution in [3.63, 3.8) is 0 Å². The zero-order chi connectivity index (χ0) is 11.5. The lowest BCUT2D eigenvalue weighted by Gasteiger charge is -2.12. The predicted molar refractivity (Wildman–Crippen MR) is 58.3 cm³/mol. The van der Waals surface area contributed by atoms with Crippen molar-refractivity contribution in [1.82, 2.24) is 10.3 Å². The summed E-state index contributed by atoms with van der Waals surface area (Å²) in [5, 5.41) is 2.80. The Morgan fingerprint density at radius 1 is 1.50 bits per heavy atom. The third kappa shape index (κ3) is 2.13. The second-order valence-electron chi connectivity index (χ2n) is 4.01. The number of halogens is 1. The molecule has 1 heterocycles. The van der Waals surface area contributed by atoms with Crippen LogP contribution in [0, 0.1) is 5.82 Å². The van der Waals surface area contributed by atoms with Crippen molar-refractivity contribution in [2.45, 2.75) is 31.7 Å². The summed E-state index contributed by atoms with van der Waals surface area (Å²) in [6.07, 6.45) is 5.50. The predicted octanol–water partition coefficient (Wildman–Crippen LogP) is 1.48. The molecule has 0 unspecified atom stereocenters. The number of nitrogens with zero attached hydrogens (tertiary/aromatic N) is 1. The normalized spacial score (nSPS) is 16.3. The highest BCUT2D eigenvalue weighted by atomic mass is 19.1. The Morgan fingerprint density at radius 3 is 2.88 bits per heavy atom. The highest BCUT2D eigenvalue weighted by Crippen LogP contribution is 2.19. The molecule has 3 N–H and O–H groups in total. The van der Waals surface area contributed by atoms with Gasteiger partial charge in [0.05, 0.1) is 5.56 Å². The minimum absolute atomic E-state index is 0.0283. The van der Waals surface area contributed by atoms with Crippen molar-refractivity contribution >= 4 is 11.7 Å². The van der Waals surface area contributed by atoms with Gasteiger partial charge in [-0.25, -0.2) is 9.37 Å². The van der Waals surface area contributed by atoms with E-state index in [2.05, 4.69) is 10.3 Å². The number of hydrogen-bond donors (Lipinski definition) is 2. The Labute approximate surface area is 93.1 Å². The lowest BCUT2D eigenvalue weighted by molar-refractivity contribution is 0.0934. The van der Waals surface area contributed by atoms with Crippen LogP contribution in [0.4, 0.5) is 10.2 Å². The van der Waals surface area contributed by atoms with Gasteiger partial charge in [0.1, 0.15) is 0 Å². The van der Waals surface area contributed by atoms with Gasteiger partial charge in [-0.1, -0.05) is 12.8 Å². The topological polar surface area (TPSA) is 68.0 Å². The summed E-state index contributed by atoms with van der Waals surface area (Å²) in [7, 11) is 0. The molecule has 1 aliphatic carbocycles. The molecule has 0 spiro atoms. The van der Waals surface area contributed by atoms with Crippen LogP contribution in [0.1, 0.15) is 36.0 Å². The molecule has 0 radical (unpaired) electrons. The molecule has 86 valence electrons. The quantitative estimate of drug-likeness (QED) is 0.797. The molecule has 1 amide bonds. The fraction of sp³-hybridized carbons (Fsp3) is 0.455. The van der Waals surface area contributed by atoms with Gasteiger partial charge in [0.2, 0.25) is 0 Å². The number of rotatable bonds is 2. The number of nitrogens with one attached hydrogen (secondary N) is 1. The molecular weight excluding hydrogens is 209 g/mol. The first-order valence-corrected chi connectivity index (χ1v) is 5.39. The first kappa shape index (κ1) is 10.9.